The Morgan fingerprint density at radius 3 is 2.29 bits per heavy atom. The molecule has 86 valence electrons. The molecule has 0 N–H and O–H groups in total. The van der Waals surface area contributed by atoms with Crippen LogP contribution in [0.3, 0.4) is 0 Å². The zero-order valence-electron chi connectivity index (χ0n) is 10.2. The molecule has 3 heteroatoms. The Labute approximate surface area is 95.1 Å². The lowest BCUT2D eigenvalue weighted by atomic mass is 10.2. The van der Waals surface area contributed by atoms with E-state index in [0.717, 1.165) is 12.3 Å². The Balaban J connectivity index is 3.57. The highest BCUT2D eigenvalue weighted by molar-refractivity contribution is 7.80. The second kappa shape index (κ2) is 8.57. The second-order valence-electron chi connectivity index (χ2n) is 4.34. The molecule has 0 aliphatic carbocycles. The van der Waals surface area contributed by atoms with Crippen LogP contribution in [0.1, 0.15) is 20.3 Å². The molecule has 0 radical (unpaired) electrons. The maximum absolute atomic E-state index is 4.32. The van der Waals surface area contributed by atoms with Gasteiger partial charge in [-0.05, 0) is 51.8 Å². The third-order valence-electron chi connectivity index (χ3n) is 2.41. The fraction of sp³-hybridized carbons (Fsp3) is 1.00. The Kier molecular flexibility index (Phi) is 8.73. The lowest BCUT2D eigenvalue weighted by molar-refractivity contribution is 0.242. The van der Waals surface area contributed by atoms with E-state index in [1.165, 1.54) is 26.1 Å². The zero-order chi connectivity index (χ0) is 11.0. The van der Waals surface area contributed by atoms with E-state index >= 15 is 0 Å². The molecular weight excluding hydrogens is 192 g/mol. The number of nitrogens with zero attached hydrogens (tertiary/aromatic N) is 2. The topological polar surface area (TPSA) is 6.48 Å². The van der Waals surface area contributed by atoms with Gasteiger partial charge in [0.25, 0.3) is 0 Å². The van der Waals surface area contributed by atoms with Crippen LogP contribution in [0.25, 0.3) is 0 Å². The highest BCUT2D eigenvalue weighted by Gasteiger charge is 2.06. The molecule has 0 aromatic carbocycles. The normalized spacial score (nSPS) is 13.9. The standard InChI is InChI=1S/C11H26N2S/c1-5-13(9-11(2)10-14)8-6-7-12(3)4/h11,14H,5-10H2,1-4H3. The van der Waals surface area contributed by atoms with E-state index in [1.54, 1.807) is 0 Å². The van der Waals surface area contributed by atoms with Crippen molar-refractivity contribution in [3.05, 3.63) is 0 Å². The monoisotopic (exact) mass is 218 g/mol. The molecule has 0 rings (SSSR count). The van der Waals surface area contributed by atoms with E-state index in [0.29, 0.717) is 5.92 Å². The van der Waals surface area contributed by atoms with Gasteiger partial charge in [-0.3, -0.25) is 0 Å². The van der Waals surface area contributed by atoms with Gasteiger partial charge in [0.05, 0.1) is 0 Å². The number of thiol groups is 1. The van der Waals surface area contributed by atoms with Crippen LogP contribution in [-0.4, -0.2) is 55.8 Å². The Morgan fingerprint density at radius 1 is 1.21 bits per heavy atom. The maximum Gasteiger partial charge on any atom is 0.00147 e. The highest BCUT2D eigenvalue weighted by atomic mass is 32.1. The molecule has 0 amide bonds. The van der Waals surface area contributed by atoms with Crippen molar-refractivity contribution in [2.45, 2.75) is 20.3 Å². The molecule has 1 atom stereocenters. The fourth-order valence-corrected chi connectivity index (χ4v) is 1.60. The highest BCUT2D eigenvalue weighted by Crippen LogP contribution is 2.02. The molecule has 0 saturated heterocycles. The minimum atomic E-state index is 0.706. The molecule has 0 bridgehead atoms. The molecule has 0 saturated carbocycles. The third kappa shape index (κ3) is 7.65. The summed E-state index contributed by atoms with van der Waals surface area (Å²) in [6.07, 6.45) is 1.26. The van der Waals surface area contributed by atoms with Crippen molar-refractivity contribution in [1.29, 1.82) is 0 Å². The summed E-state index contributed by atoms with van der Waals surface area (Å²) in [4.78, 5) is 4.76. The van der Waals surface area contributed by atoms with E-state index in [1.807, 2.05) is 0 Å². The van der Waals surface area contributed by atoms with E-state index in [2.05, 4.69) is 50.4 Å². The summed E-state index contributed by atoms with van der Waals surface area (Å²) in [7, 11) is 4.26. The van der Waals surface area contributed by atoms with Gasteiger partial charge in [-0.25, -0.2) is 0 Å². The lowest BCUT2D eigenvalue weighted by Crippen LogP contribution is -2.31. The average Bonchev–Trinajstić information content (AvgIpc) is 2.15. The molecular formula is C11H26N2S. The summed E-state index contributed by atoms with van der Waals surface area (Å²) in [5.41, 5.74) is 0. The van der Waals surface area contributed by atoms with Gasteiger partial charge >= 0.3 is 0 Å². The zero-order valence-corrected chi connectivity index (χ0v) is 11.1. The number of hydrogen-bond donors (Lipinski definition) is 1. The van der Waals surface area contributed by atoms with Crippen molar-refractivity contribution < 1.29 is 0 Å². The van der Waals surface area contributed by atoms with Gasteiger partial charge < -0.3 is 9.80 Å². The first-order chi connectivity index (χ1) is 6.60. The minimum Gasteiger partial charge on any atom is -0.309 e. The molecule has 14 heavy (non-hydrogen) atoms. The molecule has 0 aliphatic rings. The summed E-state index contributed by atoms with van der Waals surface area (Å²) >= 11 is 4.32. The van der Waals surface area contributed by atoms with Crippen LogP contribution in [0.2, 0.25) is 0 Å². The van der Waals surface area contributed by atoms with E-state index in [4.69, 9.17) is 0 Å². The van der Waals surface area contributed by atoms with E-state index in [-0.39, 0.29) is 0 Å². The van der Waals surface area contributed by atoms with Crippen LogP contribution < -0.4 is 0 Å². The summed E-state index contributed by atoms with van der Waals surface area (Å²) in [6.45, 7) is 9.25. The molecule has 0 spiro atoms. The van der Waals surface area contributed by atoms with Gasteiger partial charge in [0.1, 0.15) is 0 Å². The average molecular weight is 218 g/mol. The van der Waals surface area contributed by atoms with Crippen molar-refractivity contribution in [3.8, 4) is 0 Å². The van der Waals surface area contributed by atoms with E-state index < -0.39 is 0 Å². The number of rotatable bonds is 8. The van der Waals surface area contributed by atoms with Crippen LogP contribution in [0, 0.1) is 5.92 Å². The van der Waals surface area contributed by atoms with Crippen molar-refractivity contribution >= 4 is 12.6 Å². The Bertz CT molecular complexity index is 128. The van der Waals surface area contributed by atoms with Gasteiger partial charge in [-0.1, -0.05) is 13.8 Å². The lowest BCUT2D eigenvalue weighted by Gasteiger charge is -2.24. The summed E-state index contributed by atoms with van der Waals surface area (Å²) in [6, 6.07) is 0. The smallest absolute Gasteiger partial charge is 0.00147 e. The van der Waals surface area contributed by atoms with Crippen molar-refractivity contribution in [1.82, 2.24) is 9.80 Å². The molecule has 1 unspecified atom stereocenters. The van der Waals surface area contributed by atoms with Gasteiger partial charge in [-0.2, -0.15) is 12.6 Å². The van der Waals surface area contributed by atoms with Crippen LogP contribution in [-0.2, 0) is 0 Å². The molecule has 0 heterocycles. The maximum atomic E-state index is 4.32. The molecule has 2 nitrogen and oxygen atoms in total. The first kappa shape index (κ1) is 14.3. The van der Waals surface area contributed by atoms with Crippen LogP contribution in [0.15, 0.2) is 0 Å². The fourth-order valence-electron chi connectivity index (χ4n) is 1.49. The largest absolute Gasteiger partial charge is 0.309 e. The van der Waals surface area contributed by atoms with Gasteiger partial charge in [0.15, 0.2) is 0 Å². The van der Waals surface area contributed by atoms with Gasteiger partial charge in [-0.15, -0.1) is 0 Å². The number of hydrogen-bond acceptors (Lipinski definition) is 3. The van der Waals surface area contributed by atoms with Gasteiger partial charge in [0, 0.05) is 6.54 Å². The van der Waals surface area contributed by atoms with Crippen molar-refractivity contribution in [2.24, 2.45) is 5.92 Å². The summed E-state index contributed by atoms with van der Waals surface area (Å²) in [5.74, 6) is 1.70. The minimum absolute atomic E-state index is 0.706. The summed E-state index contributed by atoms with van der Waals surface area (Å²) < 4.78 is 0. The Morgan fingerprint density at radius 2 is 1.86 bits per heavy atom. The summed E-state index contributed by atoms with van der Waals surface area (Å²) in [5, 5.41) is 0. The second-order valence-corrected chi connectivity index (χ2v) is 4.70. The SMILES string of the molecule is CCN(CCCN(C)C)CC(C)CS. The molecule has 0 fully saturated rings. The molecule has 0 aliphatic heterocycles. The van der Waals surface area contributed by atoms with Crippen LogP contribution >= 0.6 is 12.6 Å². The van der Waals surface area contributed by atoms with Crippen molar-refractivity contribution in [3.63, 3.8) is 0 Å². The first-order valence-electron chi connectivity index (χ1n) is 5.58. The third-order valence-corrected chi connectivity index (χ3v) is 3.03. The molecule has 0 aromatic heterocycles. The first-order valence-corrected chi connectivity index (χ1v) is 6.21. The van der Waals surface area contributed by atoms with Gasteiger partial charge in [0.2, 0.25) is 0 Å². The van der Waals surface area contributed by atoms with Crippen molar-refractivity contribution in [2.75, 3.05) is 46.0 Å². The van der Waals surface area contributed by atoms with Crippen LogP contribution in [0.5, 0.6) is 0 Å². The Hall–Kier alpha value is 0.270. The van der Waals surface area contributed by atoms with Crippen LogP contribution in [0.4, 0.5) is 0 Å². The predicted octanol–water partition coefficient (Wildman–Crippen LogP) is 1.83. The molecule has 0 aromatic rings. The van der Waals surface area contributed by atoms with E-state index in [9.17, 15) is 0 Å². The quantitative estimate of drug-likeness (QED) is 0.621. The predicted molar refractivity (Wildman–Crippen MR) is 68.3 cm³/mol.